The topological polar surface area (TPSA) is 49.8 Å². The van der Waals surface area contributed by atoms with Crippen LogP contribution in [0.1, 0.15) is 66.2 Å². The zero-order valence-corrected chi connectivity index (χ0v) is 16.5. The standard InChI is InChI=1S/C23H32O3/c1-5-14-13-15-16-8-12-22(25,6-2)20(16,3)10-7-17(15)21(4)11-9-18(24)19-23(14,21)26-19/h5,9,11,15-17,19,25H,6-8,10,12-13H2,1-4H3/t15-,16-,17+,19?,20-,21+,22?,23?/m0/s1. The number of aliphatic hydroxyl groups is 1. The fraction of sp³-hybridized carbons (Fsp3) is 0.783. The molecule has 5 aliphatic rings. The third-order valence-corrected chi connectivity index (χ3v) is 9.66. The Morgan fingerprint density at radius 1 is 1.27 bits per heavy atom. The normalized spacial score (nSPS) is 58.8. The summed E-state index contributed by atoms with van der Waals surface area (Å²) in [7, 11) is 0. The van der Waals surface area contributed by atoms with Gasteiger partial charge in [-0.3, -0.25) is 4.79 Å². The number of carbonyl (C=O) groups is 1. The first kappa shape index (κ1) is 17.2. The molecule has 4 fully saturated rings. The van der Waals surface area contributed by atoms with Crippen LogP contribution >= 0.6 is 0 Å². The van der Waals surface area contributed by atoms with E-state index >= 15 is 0 Å². The average molecular weight is 357 g/mol. The Hall–Kier alpha value is -0.930. The lowest BCUT2D eigenvalue weighted by atomic mass is 9.44. The maximum Gasteiger partial charge on any atom is 0.187 e. The van der Waals surface area contributed by atoms with E-state index in [2.05, 4.69) is 39.8 Å². The van der Waals surface area contributed by atoms with E-state index in [0.717, 1.165) is 38.5 Å². The maximum absolute atomic E-state index is 12.3. The first-order valence-electron chi connectivity index (χ1n) is 10.6. The monoisotopic (exact) mass is 356 g/mol. The highest BCUT2D eigenvalue weighted by atomic mass is 16.6. The fourth-order valence-electron chi connectivity index (χ4n) is 8.02. The van der Waals surface area contributed by atoms with Crippen molar-refractivity contribution in [3.8, 4) is 0 Å². The first-order chi connectivity index (χ1) is 12.3. The van der Waals surface area contributed by atoms with Crippen molar-refractivity contribution in [3.63, 3.8) is 0 Å². The summed E-state index contributed by atoms with van der Waals surface area (Å²) in [6.45, 7) is 8.93. The van der Waals surface area contributed by atoms with Crippen LogP contribution in [0.25, 0.3) is 0 Å². The molecule has 0 aromatic heterocycles. The minimum atomic E-state index is -0.508. The summed E-state index contributed by atoms with van der Waals surface area (Å²) in [5.74, 6) is 1.83. The van der Waals surface area contributed by atoms with Gasteiger partial charge in [-0.2, -0.15) is 0 Å². The number of epoxide rings is 1. The van der Waals surface area contributed by atoms with Crippen LogP contribution < -0.4 is 0 Å². The van der Waals surface area contributed by atoms with E-state index in [9.17, 15) is 9.90 Å². The number of hydrogen-bond donors (Lipinski definition) is 1. The van der Waals surface area contributed by atoms with Crippen molar-refractivity contribution in [2.45, 2.75) is 83.5 Å². The van der Waals surface area contributed by atoms with Crippen molar-refractivity contribution >= 4 is 5.78 Å². The van der Waals surface area contributed by atoms with Crippen LogP contribution in [0.2, 0.25) is 0 Å². The lowest BCUT2D eigenvalue weighted by molar-refractivity contribution is -0.132. The summed E-state index contributed by atoms with van der Waals surface area (Å²) in [5, 5.41) is 11.4. The van der Waals surface area contributed by atoms with Gasteiger partial charge in [-0.15, -0.1) is 0 Å². The highest BCUT2D eigenvalue weighted by Gasteiger charge is 2.77. The van der Waals surface area contributed by atoms with Crippen molar-refractivity contribution in [3.05, 3.63) is 23.8 Å². The predicted octanol–water partition coefficient (Wildman–Crippen LogP) is 4.20. The second-order valence-corrected chi connectivity index (χ2v) is 10.0. The lowest BCUT2D eigenvalue weighted by Gasteiger charge is -2.59. The van der Waals surface area contributed by atoms with Crippen LogP contribution in [0.3, 0.4) is 0 Å². The van der Waals surface area contributed by atoms with Crippen molar-refractivity contribution < 1.29 is 14.6 Å². The molecule has 1 saturated heterocycles. The van der Waals surface area contributed by atoms with E-state index < -0.39 is 5.60 Å². The molecule has 0 aromatic rings. The van der Waals surface area contributed by atoms with Crippen LogP contribution in [0.5, 0.6) is 0 Å². The van der Waals surface area contributed by atoms with Gasteiger partial charge in [-0.1, -0.05) is 32.9 Å². The van der Waals surface area contributed by atoms with E-state index in [1.807, 2.05) is 0 Å². The molecule has 3 nitrogen and oxygen atoms in total. The maximum atomic E-state index is 12.3. The predicted molar refractivity (Wildman–Crippen MR) is 101 cm³/mol. The molecule has 3 heteroatoms. The number of rotatable bonds is 1. The van der Waals surface area contributed by atoms with Gasteiger partial charge in [0.25, 0.3) is 0 Å². The molecule has 26 heavy (non-hydrogen) atoms. The van der Waals surface area contributed by atoms with Gasteiger partial charge in [-0.25, -0.2) is 0 Å². The van der Waals surface area contributed by atoms with Crippen LogP contribution in [-0.4, -0.2) is 28.2 Å². The zero-order chi connectivity index (χ0) is 18.5. The molecule has 3 unspecified atom stereocenters. The minimum Gasteiger partial charge on any atom is -0.389 e. The van der Waals surface area contributed by atoms with Crippen molar-refractivity contribution in [1.29, 1.82) is 0 Å². The molecule has 1 aliphatic heterocycles. The molecule has 4 aliphatic carbocycles. The molecular weight excluding hydrogens is 324 g/mol. The number of ketones is 1. The number of allylic oxidation sites excluding steroid dienone is 1. The summed E-state index contributed by atoms with van der Waals surface area (Å²) < 4.78 is 6.21. The Balaban J connectivity index is 1.60. The van der Waals surface area contributed by atoms with Gasteiger partial charge in [0.05, 0.1) is 5.60 Å². The summed E-state index contributed by atoms with van der Waals surface area (Å²) >= 11 is 0. The number of carbonyl (C=O) groups excluding carboxylic acids is 1. The quantitative estimate of drug-likeness (QED) is 0.566. The highest BCUT2D eigenvalue weighted by Crippen LogP contribution is 2.73. The molecule has 0 aromatic carbocycles. The van der Waals surface area contributed by atoms with Gasteiger partial charge < -0.3 is 9.84 Å². The van der Waals surface area contributed by atoms with Gasteiger partial charge in [-0.05, 0) is 80.3 Å². The highest BCUT2D eigenvalue weighted by molar-refractivity contribution is 5.99. The van der Waals surface area contributed by atoms with E-state index in [1.165, 1.54) is 5.57 Å². The van der Waals surface area contributed by atoms with Gasteiger partial charge in [0, 0.05) is 5.41 Å². The van der Waals surface area contributed by atoms with Crippen LogP contribution in [0.15, 0.2) is 23.8 Å². The van der Waals surface area contributed by atoms with Crippen LogP contribution in [-0.2, 0) is 9.53 Å². The van der Waals surface area contributed by atoms with Crippen molar-refractivity contribution in [1.82, 2.24) is 0 Å². The van der Waals surface area contributed by atoms with E-state index in [0.29, 0.717) is 17.8 Å². The molecule has 1 N–H and O–H groups in total. The van der Waals surface area contributed by atoms with E-state index in [4.69, 9.17) is 4.74 Å². The molecule has 142 valence electrons. The molecule has 3 saturated carbocycles. The first-order valence-corrected chi connectivity index (χ1v) is 10.6. The smallest absolute Gasteiger partial charge is 0.187 e. The molecule has 8 atom stereocenters. The van der Waals surface area contributed by atoms with Gasteiger partial charge in [0.1, 0.15) is 5.60 Å². The second-order valence-electron chi connectivity index (χ2n) is 10.0. The molecular formula is C23H32O3. The SMILES string of the molecule is CC=C1C[C@@H]2[C@@H](CC[C@@]3(C)[C@H]2CCC3(O)CC)[C@@]2(C)C=CC(=O)C3OC132. The largest absolute Gasteiger partial charge is 0.389 e. The van der Waals surface area contributed by atoms with Crippen LogP contribution in [0.4, 0.5) is 0 Å². The lowest BCUT2D eigenvalue weighted by Crippen LogP contribution is -2.59. The molecule has 0 amide bonds. The average Bonchev–Trinajstić information content (AvgIpc) is 3.33. The Bertz CT molecular complexity index is 738. The van der Waals surface area contributed by atoms with Crippen LogP contribution in [0, 0.1) is 28.6 Å². The number of ether oxygens (including phenoxy) is 1. The Labute approximate surface area is 156 Å². The van der Waals surface area contributed by atoms with E-state index in [-0.39, 0.29) is 28.3 Å². The molecule has 1 spiro atoms. The van der Waals surface area contributed by atoms with Crippen molar-refractivity contribution in [2.24, 2.45) is 28.6 Å². The van der Waals surface area contributed by atoms with Gasteiger partial charge in [0.15, 0.2) is 11.9 Å². The fourth-order valence-corrected chi connectivity index (χ4v) is 8.02. The summed E-state index contributed by atoms with van der Waals surface area (Å²) in [6, 6.07) is 0. The second kappa shape index (κ2) is 4.91. The molecule has 0 bridgehead atoms. The Morgan fingerprint density at radius 3 is 2.69 bits per heavy atom. The summed E-state index contributed by atoms with van der Waals surface area (Å²) in [6.07, 6.45) is 12.1. The number of hydrogen-bond acceptors (Lipinski definition) is 3. The zero-order valence-electron chi connectivity index (χ0n) is 16.5. The Kier molecular flexibility index (Phi) is 3.25. The summed E-state index contributed by atoms with van der Waals surface area (Å²) in [5.41, 5.74) is 0.388. The third kappa shape index (κ3) is 1.63. The van der Waals surface area contributed by atoms with Crippen molar-refractivity contribution in [2.75, 3.05) is 0 Å². The summed E-state index contributed by atoms with van der Waals surface area (Å²) in [4.78, 5) is 12.3. The number of fused-ring (bicyclic) bond motifs is 4. The van der Waals surface area contributed by atoms with E-state index in [1.54, 1.807) is 6.08 Å². The molecule has 1 heterocycles. The third-order valence-electron chi connectivity index (χ3n) is 9.66. The van der Waals surface area contributed by atoms with Gasteiger partial charge in [0.2, 0.25) is 0 Å². The van der Waals surface area contributed by atoms with Gasteiger partial charge >= 0.3 is 0 Å². The molecule has 0 radical (unpaired) electrons. The molecule has 5 rings (SSSR count). The minimum absolute atomic E-state index is 0.0284. The Morgan fingerprint density at radius 2 is 2.00 bits per heavy atom.